The van der Waals surface area contributed by atoms with Gasteiger partial charge in [0.1, 0.15) is 0 Å². The average Bonchev–Trinajstić information content (AvgIpc) is 3.13. The van der Waals surface area contributed by atoms with E-state index in [1.165, 1.54) is 12.8 Å². The number of nitrogens with zero attached hydrogens (tertiary/aromatic N) is 1. The molecule has 1 aliphatic carbocycles. The van der Waals surface area contributed by atoms with Gasteiger partial charge < -0.3 is 10.0 Å². The minimum Gasteiger partial charge on any atom is -0.389 e. The zero-order valence-corrected chi connectivity index (χ0v) is 10.3. The minimum atomic E-state index is -0.409. The van der Waals surface area contributed by atoms with Gasteiger partial charge in [0, 0.05) is 12.2 Å². The first kappa shape index (κ1) is 12.0. The Kier molecular flexibility index (Phi) is 3.71. The first-order valence-corrected chi connectivity index (χ1v) is 6.17. The molecule has 0 aliphatic heterocycles. The number of aliphatic hydroxyl groups excluding tert-OH is 1. The van der Waals surface area contributed by atoms with E-state index in [1.807, 2.05) is 24.3 Å². The van der Waals surface area contributed by atoms with Crippen molar-refractivity contribution in [2.24, 2.45) is 5.92 Å². The lowest BCUT2D eigenvalue weighted by molar-refractivity contribution is 0.199. The summed E-state index contributed by atoms with van der Waals surface area (Å²) in [4.78, 5) is 2.24. The summed E-state index contributed by atoms with van der Waals surface area (Å²) in [5, 5.41) is 9.47. The van der Waals surface area contributed by atoms with Crippen LogP contribution in [0.15, 0.2) is 24.3 Å². The molecule has 0 aromatic heterocycles. The number of hydrogen-bond acceptors (Lipinski definition) is 2. The maximum absolute atomic E-state index is 9.47. The Morgan fingerprint density at radius 1 is 1.41 bits per heavy atom. The van der Waals surface area contributed by atoms with Crippen molar-refractivity contribution < 1.29 is 5.11 Å². The lowest BCUT2D eigenvalue weighted by Crippen LogP contribution is -2.25. The van der Waals surface area contributed by atoms with Crippen LogP contribution in [0.3, 0.4) is 0 Å². The van der Waals surface area contributed by atoms with Crippen LogP contribution in [0.25, 0.3) is 0 Å². The maximum atomic E-state index is 9.47. The highest BCUT2D eigenvalue weighted by Gasteiger charge is 2.24. The van der Waals surface area contributed by atoms with Crippen molar-refractivity contribution >= 4 is 5.69 Å². The van der Waals surface area contributed by atoms with Crippen molar-refractivity contribution in [2.75, 3.05) is 18.0 Å². The Morgan fingerprint density at radius 3 is 2.53 bits per heavy atom. The molecule has 2 heteroatoms. The van der Waals surface area contributed by atoms with E-state index in [4.69, 9.17) is 6.42 Å². The van der Waals surface area contributed by atoms with Gasteiger partial charge in [-0.2, -0.15) is 0 Å². The fourth-order valence-electron chi connectivity index (χ4n) is 1.95. The molecule has 0 heterocycles. The number of terminal acetylenes is 1. The zero-order chi connectivity index (χ0) is 12.3. The average molecular weight is 229 g/mol. The topological polar surface area (TPSA) is 23.5 Å². The summed E-state index contributed by atoms with van der Waals surface area (Å²) in [5.41, 5.74) is 2.10. The normalized spacial score (nSPS) is 16.3. The highest BCUT2D eigenvalue weighted by Crippen LogP contribution is 2.31. The Hall–Kier alpha value is -1.46. The predicted molar refractivity (Wildman–Crippen MR) is 70.8 cm³/mol. The number of hydrogen-bond donors (Lipinski definition) is 1. The molecule has 0 unspecified atom stereocenters. The third-order valence-electron chi connectivity index (χ3n) is 3.20. The lowest BCUT2D eigenvalue weighted by atomic mass is 10.1. The molecule has 1 aromatic carbocycles. The third-order valence-corrected chi connectivity index (χ3v) is 3.20. The molecule has 1 aromatic rings. The molecule has 0 bridgehead atoms. The van der Waals surface area contributed by atoms with Crippen LogP contribution in [0.1, 0.15) is 31.4 Å². The summed E-state index contributed by atoms with van der Waals surface area (Å²) in [5.74, 6) is 3.53. The zero-order valence-electron chi connectivity index (χ0n) is 10.3. The van der Waals surface area contributed by atoms with Gasteiger partial charge >= 0.3 is 0 Å². The standard InChI is InChI=1S/C15H19NO/c1-3-10-16(11-13-4-5-13)15-8-6-14(7-9-15)12(2)17/h1,6-9,12-13,17H,4-5,10-11H2,2H3/t12-/m0/s1. The quantitative estimate of drug-likeness (QED) is 0.784. The molecule has 1 N–H and O–H groups in total. The van der Waals surface area contributed by atoms with Gasteiger partial charge in [0.15, 0.2) is 0 Å². The second kappa shape index (κ2) is 5.25. The van der Waals surface area contributed by atoms with Crippen LogP contribution in [0.4, 0.5) is 5.69 Å². The van der Waals surface area contributed by atoms with E-state index in [-0.39, 0.29) is 0 Å². The van der Waals surface area contributed by atoms with Crippen molar-refractivity contribution in [3.8, 4) is 12.3 Å². The predicted octanol–water partition coefficient (Wildman–Crippen LogP) is 2.59. The monoisotopic (exact) mass is 229 g/mol. The van der Waals surface area contributed by atoms with Gasteiger partial charge in [-0.1, -0.05) is 18.1 Å². The molecule has 90 valence electrons. The van der Waals surface area contributed by atoms with Crippen LogP contribution in [0.5, 0.6) is 0 Å². The molecular weight excluding hydrogens is 210 g/mol. The van der Waals surface area contributed by atoms with Crippen molar-refractivity contribution in [3.05, 3.63) is 29.8 Å². The fraction of sp³-hybridized carbons (Fsp3) is 0.467. The summed E-state index contributed by atoms with van der Waals surface area (Å²) in [6.07, 6.45) is 7.65. The fourth-order valence-corrected chi connectivity index (χ4v) is 1.95. The second-order valence-corrected chi connectivity index (χ2v) is 4.80. The number of aliphatic hydroxyl groups is 1. The van der Waals surface area contributed by atoms with Crippen molar-refractivity contribution in [2.45, 2.75) is 25.9 Å². The van der Waals surface area contributed by atoms with E-state index in [0.29, 0.717) is 6.54 Å². The molecule has 0 radical (unpaired) electrons. The molecule has 1 aliphatic rings. The van der Waals surface area contributed by atoms with E-state index < -0.39 is 6.10 Å². The van der Waals surface area contributed by atoms with Crippen molar-refractivity contribution in [1.29, 1.82) is 0 Å². The molecular formula is C15H19NO. The summed E-state index contributed by atoms with van der Waals surface area (Å²) in [6.45, 7) is 3.49. The van der Waals surface area contributed by atoms with Crippen LogP contribution >= 0.6 is 0 Å². The van der Waals surface area contributed by atoms with Crippen molar-refractivity contribution in [3.63, 3.8) is 0 Å². The summed E-state index contributed by atoms with van der Waals surface area (Å²) >= 11 is 0. The van der Waals surface area contributed by atoms with Gasteiger partial charge in [-0.3, -0.25) is 0 Å². The highest BCUT2D eigenvalue weighted by molar-refractivity contribution is 5.49. The smallest absolute Gasteiger partial charge is 0.0791 e. The maximum Gasteiger partial charge on any atom is 0.0791 e. The highest BCUT2D eigenvalue weighted by atomic mass is 16.3. The Bertz CT molecular complexity index is 398. The molecule has 1 fully saturated rings. The largest absolute Gasteiger partial charge is 0.389 e. The molecule has 1 atom stereocenters. The first-order chi connectivity index (χ1) is 8.20. The van der Waals surface area contributed by atoms with Gasteiger partial charge in [-0.25, -0.2) is 0 Å². The van der Waals surface area contributed by atoms with Crippen LogP contribution in [-0.4, -0.2) is 18.2 Å². The van der Waals surface area contributed by atoms with E-state index in [9.17, 15) is 5.11 Å². The number of anilines is 1. The first-order valence-electron chi connectivity index (χ1n) is 6.17. The summed E-state index contributed by atoms with van der Waals surface area (Å²) < 4.78 is 0. The van der Waals surface area contributed by atoms with Crippen LogP contribution in [0, 0.1) is 18.3 Å². The minimum absolute atomic E-state index is 0.409. The molecule has 1 saturated carbocycles. The second-order valence-electron chi connectivity index (χ2n) is 4.80. The lowest BCUT2D eigenvalue weighted by Gasteiger charge is -2.22. The van der Waals surface area contributed by atoms with Crippen LogP contribution in [-0.2, 0) is 0 Å². The molecule has 0 amide bonds. The van der Waals surface area contributed by atoms with Crippen LogP contribution < -0.4 is 4.90 Å². The van der Waals surface area contributed by atoms with Crippen LogP contribution in [0.2, 0.25) is 0 Å². The van der Waals surface area contributed by atoms with E-state index in [0.717, 1.165) is 23.7 Å². The molecule has 0 saturated heterocycles. The molecule has 2 rings (SSSR count). The summed E-state index contributed by atoms with van der Waals surface area (Å²) in [7, 11) is 0. The van der Waals surface area contributed by atoms with E-state index in [1.54, 1.807) is 6.92 Å². The number of benzene rings is 1. The van der Waals surface area contributed by atoms with Gasteiger partial charge in [0.25, 0.3) is 0 Å². The third kappa shape index (κ3) is 3.25. The van der Waals surface area contributed by atoms with Crippen molar-refractivity contribution in [1.82, 2.24) is 0 Å². The summed E-state index contributed by atoms with van der Waals surface area (Å²) in [6, 6.07) is 8.02. The Labute approximate surface area is 103 Å². The Morgan fingerprint density at radius 2 is 2.06 bits per heavy atom. The van der Waals surface area contributed by atoms with E-state index in [2.05, 4.69) is 10.8 Å². The SMILES string of the molecule is C#CCN(CC1CC1)c1ccc([C@H](C)O)cc1. The van der Waals surface area contributed by atoms with Gasteiger partial charge in [0.05, 0.1) is 12.6 Å². The molecule has 0 spiro atoms. The Balaban J connectivity index is 2.08. The van der Waals surface area contributed by atoms with Gasteiger partial charge in [-0.15, -0.1) is 6.42 Å². The number of rotatable bonds is 5. The molecule has 17 heavy (non-hydrogen) atoms. The van der Waals surface area contributed by atoms with E-state index >= 15 is 0 Å². The molecule has 2 nitrogen and oxygen atoms in total. The van der Waals surface area contributed by atoms with Gasteiger partial charge in [0.2, 0.25) is 0 Å². The van der Waals surface area contributed by atoms with Gasteiger partial charge in [-0.05, 0) is 43.4 Å².